The zero-order chi connectivity index (χ0) is 13.4. The molecule has 0 aliphatic carbocycles. The van der Waals surface area contributed by atoms with Crippen LogP contribution in [0.15, 0.2) is 29.0 Å². The van der Waals surface area contributed by atoms with E-state index >= 15 is 0 Å². The molecule has 5 heteroatoms. The van der Waals surface area contributed by atoms with Crippen molar-refractivity contribution in [3.63, 3.8) is 0 Å². The van der Waals surface area contributed by atoms with E-state index in [9.17, 15) is 4.79 Å². The Balaban J connectivity index is 2.05. The Morgan fingerprint density at radius 3 is 3.11 bits per heavy atom. The van der Waals surface area contributed by atoms with Crippen molar-refractivity contribution >= 4 is 27.8 Å². The van der Waals surface area contributed by atoms with Crippen LogP contribution < -0.4 is 0 Å². The van der Waals surface area contributed by atoms with Crippen molar-refractivity contribution in [2.24, 2.45) is 7.05 Å². The predicted molar refractivity (Wildman–Crippen MR) is 70.8 cm³/mol. The second-order valence-corrected chi connectivity index (χ2v) is 4.45. The molecule has 0 saturated carbocycles. The van der Waals surface area contributed by atoms with Gasteiger partial charge in [-0.05, 0) is 13.0 Å². The number of fused-ring (bicyclic) bond motifs is 2. The van der Waals surface area contributed by atoms with Gasteiger partial charge in [-0.15, -0.1) is 0 Å². The van der Waals surface area contributed by atoms with Gasteiger partial charge in [0.2, 0.25) is 0 Å². The van der Waals surface area contributed by atoms with Crippen molar-refractivity contribution in [1.82, 2.24) is 9.78 Å². The summed E-state index contributed by atoms with van der Waals surface area (Å²) in [7, 11) is 1.88. The molecule has 0 radical (unpaired) electrons. The molecule has 0 saturated heterocycles. The van der Waals surface area contributed by atoms with Crippen LogP contribution in [0.3, 0.4) is 0 Å². The molecule has 3 rings (SSSR count). The van der Waals surface area contributed by atoms with E-state index < -0.39 is 0 Å². The maximum Gasteiger partial charge on any atom is 0.310 e. The Labute approximate surface area is 109 Å². The number of hydrogen-bond acceptors (Lipinski definition) is 4. The standard InChI is InChI=1S/C14H14N2O3/c1-3-18-14(17)5-10-8-19-13-6-12-9(4-11(10)13)7-16(2)15-12/h4,6-8H,3,5H2,1-2H3. The number of esters is 1. The fourth-order valence-electron chi connectivity index (χ4n) is 2.23. The van der Waals surface area contributed by atoms with Crippen molar-refractivity contribution in [1.29, 1.82) is 0 Å². The maximum atomic E-state index is 11.5. The molecule has 0 atom stereocenters. The van der Waals surface area contributed by atoms with Crippen molar-refractivity contribution in [3.8, 4) is 0 Å². The first-order valence-electron chi connectivity index (χ1n) is 6.16. The third kappa shape index (κ3) is 2.07. The number of ether oxygens (including phenoxy) is 1. The molecule has 0 amide bonds. The van der Waals surface area contributed by atoms with Crippen LogP contribution in [-0.4, -0.2) is 22.4 Å². The molecule has 3 aromatic rings. The van der Waals surface area contributed by atoms with Gasteiger partial charge in [-0.1, -0.05) is 0 Å². The Kier molecular flexibility index (Phi) is 2.74. The van der Waals surface area contributed by atoms with Gasteiger partial charge in [0.1, 0.15) is 5.58 Å². The van der Waals surface area contributed by atoms with Crippen LogP contribution >= 0.6 is 0 Å². The third-order valence-electron chi connectivity index (χ3n) is 3.03. The second kappa shape index (κ2) is 4.42. The number of carbonyl (C=O) groups excluding carboxylic acids is 1. The summed E-state index contributed by atoms with van der Waals surface area (Å²) in [5, 5.41) is 6.30. The molecule has 5 nitrogen and oxygen atoms in total. The van der Waals surface area contributed by atoms with Gasteiger partial charge < -0.3 is 9.15 Å². The van der Waals surface area contributed by atoms with E-state index in [1.54, 1.807) is 17.9 Å². The van der Waals surface area contributed by atoms with Gasteiger partial charge in [-0.2, -0.15) is 5.10 Å². The molecule has 1 aromatic carbocycles. The summed E-state index contributed by atoms with van der Waals surface area (Å²) in [6.07, 6.45) is 3.78. The summed E-state index contributed by atoms with van der Waals surface area (Å²) in [6, 6.07) is 3.88. The Hall–Kier alpha value is -2.30. The molecule has 2 heterocycles. The summed E-state index contributed by atoms with van der Waals surface area (Å²) in [6.45, 7) is 2.19. The van der Waals surface area contributed by atoms with E-state index in [2.05, 4.69) is 5.10 Å². The van der Waals surface area contributed by atoms with Gasteiger partial charge in [-0.25, -0.2) is 0 Å². The molecule has 0 unspecified atom stereocenters. The number of aromatic nitrogens is 2. The highest BCUT2D eigenvalue weighted by molar-refractivity contribution is 5.96. The van der Waals surface area contributed by atoms with Crippen LogP contribution in [0, 0.1) is 0 Å². The van der Waals surface area contributed by atoms with Crippen molar-refractivity contribution in [2.45, 2.75) is 13.3 Å². The lowest BCUT2D eigenvalue weighted by molar-refractivity contribution is -0.142. The lowest BCUT2D eigenvalue weighted by Crippen LogP contribution is -2.06. The molecule has 19 heavy (non-hydrogen) atoms. The molecule has 0 spiro atoms. The number of nitrogens with zero attached hydrogens (tertiary/aromatic N) is 2. The van der Waals surface area contributed by atoms with E-state index in [1.807, 2.05) is 25.4 Å². The maximum absolute atomic E-state index is 11.5. The van der Waals surface area contributed by atoms with Crippen LogP contribution in [-0.2, 0) is 23.0 Å². The fraction of sp³-hybridized carbons (Fsp3) is 0.286. The molecular weight excluding hydrogens is 244 g/mol. The van der Waals surface area contributed by atoms with E-state index in [-0.39, 0.29) is 12.4 Å². The number of furan rings is 1. The van der Waals surface area contributed by atoms with Gasteiger partial charge >= 0.3 is 5.97 Å². The highest BCUT2D eigenvalue weighted by Gasteiger charge is 2.13. The van der Waals surface area contributed by atoms with Crippen LogP contribution in [0.5, 0.6) is 0 Å². The minimum absolute atomic E-state index is 0.229. The first-order valence-corrected chi connectivity index (χ1v) is 6.16. The van der Waals surface area contributed by atoms with Gasteiger partial charge in [-0.3, -0.25) is 9.48 Å². The summed E-state index contributed by atoms with van der Waals surface area (Å²) in [4.78, 5) is 11.5. The number of benzene rings is 1. The van der Waals surface area contributed by atoms with Gasteiger partial charge in [0, 0.05) is 35.6 Å². The van der Waals surface area contributed by atoms with Crippen LogP contribution in [0.25, 0.3) is 21.9 Å². The van der Waals surface area contributed by atoms with Crippen LogP contribution in [0.1, 0.15) is 12.5 Å². The zero-order valence-corrected chi connectivity index (χ0v) is 10.8. The molecular formula is C14H14N2O3. The van der Waals surface area contributed by atoms with Crippen molar-refractivity contribution in [2.75, 3.05) is 6.61 Å². The van der Waals surface area contributed by atoms with Crippen molar-refractivity contribution in [3.05, 3.63) is 30.2 Å². The lowest BCUT2D eigenvalue weighted by Gasteiger charge is -1.99. The fourth-order valence-corrected chi connectivity index (χ4v) is 2.23. The summed E-state index contributed by atoms with van der Waals surface area (Å²) < 4.78 is 12.2. The summed E-state index contributed by atoms with van der Waals surface area (Å²) >= 11 is 0. The topological polar surface area (TPSA) is 57.3 Å². The largest absolute Gasteiger partial charge is 0.466 e. The molecule has 0 bridgehead atoms. The van der Waals surface area contributed by atoms with Gasteiger partial charge in [0.05, 0.1) is 24.8 Å². The van der Waals surface area contributed by atoms with Crippen molar-refractivity contribution < 1.29 is 13.9 Å². The Morgan fingerprint density at radius 2 is 2.32 bits per heavy atom. The molecule has 2 aromatic heterocycles. The highest BCUT2D eigenvalue weighted by atomic mass is 16.5. The molecule has 0 aliphatic heterocycles. The summed E-state index contributed by atoms with van der Waals surface area (Å²) in [5.74, 6) is -0.239. The molecule has 0 fully saturated rings. The number of rotatable bonds is 3. The number of hydrogen-bond donors (Lipinski definition) is 0. The predicted octanol–water partition coefficient (Wildman–Crippen LogP) is 2.43. The molecule has 0 aliphatic rings. The van der Waals surface area contributed by atoms with E-state index in [0.29, 0.717) is 6.61 Å². The summed E-state index contributed by atoms with van der Waals surface area (Å²) in [5.41, 5.74) is 2.47. The Morgan fingerprint density at radius 1 is 1.47 bits per heavy atom. The third-order valence-corrected chi connectivity index (χ3v) is 3.03. The smallest absolute Gasteiger partial charge is 0.310 e. The van der Waals surface area contributed by atoms with Gasteiger partial charge in [0.25, 0.3) is 0 Å². The van der Waals surface area contributed by atoms with E-state index in [0.717, 1.165) is 27.4 Å². The average Bonchev–Trinajstić information content (AvgIpc) is 2.89. The minimum atomic E-state index is -0.239. The number of aryl methyl sites for hydroxylation is 1. The normalized spacial score (nSPS) is 11.3. The van der Waals surface area contributed by atoms with E-state index in [4.69, 9.17) is 9.15 Å². The zero-order valence-electron chi connectivity index (χ0n) is 10.8. The lowest BCUT2D eigenvalue weighted by atomic mass is 10.1. The van der Waals surface area contributed by atoms with Crippen LogP contribution in [0.2, 0.25) is 0 Å². The SMILES string of the molecule is CCOC(=O)Cc1coc2cc3nn(C)cc3cc12. The molecule has 0 N–H and O–H groups in total. The van der Waals surface area contributed by atoms with Gasteiger partial charge in [0.15, 0.2) is 0 Å². The Bertz CT molecular complexity index is 755. The highest BCUT2D eigenvalue weighted by Crippen LogP contribution is 2.26. The molecule has 98 valence electrons. The first kappa shape index (κ1) is 11.8. The first-order chi connectivity index (χ1) is 9.17. The number of carbonyl (C=O) groups is 1. The monoisotopic (exact) mass is 258 g/mol. The second-order valence-electron chi connectivity index (χ2n) is 4.45. The van der Waals surface area contributed by atoms with Crippen LogP contribution in [0.4, 0.5) is 0 Å². The minimum Gasteiger partial charge on any atom is -0.466 e. The quantitative estimate of drug-likeness (QED) is 0.677. The van der Waals surface area contributed by atoms with E-state index in [1.165, 1.54) is 0 Å². The average molecular weight is 258 g/mol.